The van der Waals surface area contributed by atoms with Crippen LogP contribution in [0.25, 0.3) is 0 Å². The summed E-state index contributed by atoms with van der Waals surface area (Å²) in [4.78, 5) is 25.4. The van der Waals surface area contributed by atoms with Gasteiger partial charge in [-0.2, -0.15) is 0 Å². The van der Waals surface area contributed by atoms with Gasteiger partial charge in [-0.1, -0.05) is 225 Å². The van der Waals surface area contributed by atoms with Crippen LogP contribution in [0.5, 0.6) is 0 Å². The van der Waals surface area contributed by atoms with Crippen molar-refractivity contribution in [2.75, 3.05) is 40.9 Å². The van der Waals surface area contributed by atoms with Gasteiger partial charge in [0.2, 0.25) is 5.91 Å². The predicted molar refractivity (Wildman–Crippen MR) is 256 cm³/mol. The third-order valence-corrected chi connectivity index (χ3v) is 13.0. The molecule has 2 N–H and O–H groups in total. The minimum Gasteiger partial charge on any atom is -0.756 e. The molecule has 0 aromatic carbocycles. The van der Waals surface area contributed by atoms with E-state index >= 15 is 0 Å². The van der Waals surface area contributed by atoms with Crippen LogP contribution < -0.4 is 10.2 Å². The molecule has 0 fully saturated rings. The number of carbonyl (C=O) groups excluding carboxylic acids is 1. The highest BCUT2D eigenvalue weighted by Gasteiger charge is 2.24. The van der Waals surface area contributed by atoms with Crippen molar-refractivity contribution >= 4 is 13.7 Å². The molecular formula is C51H103N2O6P. The Labute approximate surface area is 373 Å². The molecule has 0 radical (unpaired) electrons. The molecule has 358 valence electrons. The van der Waals surface area contributed by atoms with E-state index in [1.807, 2.05) is 21.1 Å². The first-order chi connectivity index (χ1) is 29.0. The van der Waals surface area contributed by atoms with Crippen LogP contribution in [-0.2, 0) is 18.4 Å². The molecule has 0 spiro atoms. The average Bonchev–Trinajstić information content (AvgIpc) is 3.20. The van der Waals surface area contributed by atoms with Crippen LogP contribution in [0.1, 0.15) is 258 Å². The fraction of sp³-hybridized carbons (Fsp3) is 0.941. The molecule has 0 saturated heterocycles. The number of hydrogen-bond acceptors (Lipinski definition) is 6. The average molecular weight is 871 g/mol. The summed E-state index contributed by atoms with van der Waals surface area (Å²) in [6.07, 6.45) is 50.8. The van der Waals surface area contributed by atoms with Crippen molar-refractivity contribution in [3.63, 3.8) is 0 Å². The first-order valence-corrected chi connectivity index (χ1v) is 27.5. The number of nitrogens with one attached hydrogen (secondary N) is 1. The Bertz CT molecular complexity index is 989. The highest BCUT2D eigenvalue weighted by molar-refractivity contribution is 7.45. The number of phosphoric ester groups is 1. The quantitative estimate of drug-likeness (QED) is 0.0273. The number of hydrogen-bond donors (Lipinski definition) is 2. The van der Waals surface area contributed by atoms with E-state index in [0.29, 0.717) is 23.9 Å². The van der Waals surface area contributed by atoms with Gasteiger partial charge in [-0.05, 0) is 38.5 Å². The maximum atomic E-state index is 12.9. The van der Waals surface area contributed by atoms with E-state index in [9.17, 15) is 19.4 Å². The predicted octanol–water partition coefficient (Wildman–Crippen LogP) is 14.5. The fourth-order valence-corrected chi connectivity index (χ4v) is 8.58. The molecule has 0 heterocycles. The Morgan fingerprint density at radius 3 is 1.30 bits per heavy atom. The summed E-state index contributed by atoms with van der Waals surface area (Å²) >= 11 is 0. The van der Waals surface area contributed by atoms with E-state index in [1.54, 1.807) is 0 Å². The number of amides is 1. The normalized spacial score (nSPS) is 14.2. The second-order valence-electron chi connectivity index (χ2n) is 19.2. The van der Waals surface area contributed by atoms with E-state index in [4.69, 9.17) is 9.05 Å². The van der Waals surface area contributed by atoms with Gasteiger partial charge in [0.05, 0.1) is 39.9 Å². The van der Waals surface area contributed by atoms with Gasteiger partial charge in [0.1, 0.15) is 13.2 Å². The minimum atomic E-state index is -4.57. The van der Waals surface area contributed by atoms with Crippen LogP contribution in [-0.4, -0.2) is 68.5 Å². The van der Waals surface area contributed by atoms with Crippen molar-refractivity contribution in [2.24, 2.45) is 0 Å². The Hall–Kier alpha value is -0.760. The molecular weight excluding hydrogens is 768 g/mol. The number of unbranched alkanes of at least 4 members (excludes halogenated alkanes) is 33. The lowest BCUT2D eigenvalue weighted by Crippen LogP contribution is -2.46. The van der Waals surface area contributed by atoms with Crippen molar-refractivity contribution in [3.05, 3.63) is 12.2 Å². The van der Waals surface area contributed by atoms with Gasteiger partial charge in [-0.25, -0.2) is 0 Å². The van der Waals surface area contributed by atoms with Crippen molar-refractivity contribution in [1.29, 1.82) is 0 Å². The lowest BCUT2D eigenvalue weighted by Gasteiger charge is -2.30. The number of nitrogens with zero attached hydrogens (tertiary/aromatic N) is 1. The molecule has 8 nitrogen and oxygen atoms in total. The molecule has 0 aliphatic heterocycles. The van der Waals surface area contributed by atoms with Crippen LogP contribution in [0.15, 0.2) is 12.2 Å². The molecule has 1 amide bonds. The van der Waals surface area contributed by atoms with E-state index < -0.39 is 20.0 Å². The molecule has 3 unspecified atom stereocenters. The molecule has 0 saturated carbocycles. The number of phosphoric acid groups is 1. The third kappa shape index (κ3) is 45.3. The van der Waals surface area contributed by atoms with Crippen LogP contribution >= 0.6 is 7.82 Å². The Morgan fingerprint density at radius 1 is 0.567 bits per heavy atom. The SMILES string of the molecule is CCCCCCCCC/C=C\CCCCCCCCCC(=O)NC(COP(=O)([O-])OCC[N+](C)(C)C)C(O)CCCCCCCCCCCCCCCCCCCCCC. The van der Waals surface area contributed by atoms with Crippen molar-refractivity contribution < 1.29 is 32.9 Å². The van der Waals surface area contributed by atoms with Gasteiger partial charge in [-0.15, -0.1) is 0 Å². The Morgan fingerprint density at radius 2 is 0.917 bits per heavy atom. The van der Waals surface area contributed by atoms with Crippen LogP contribution in [0.4, 0.5) is 0 Å². The Balaban J connectivity index is 4.24. The summed E-state index contributed by atoms with van der Waals surface area (Å²) in [5.41, 5.74) is 0. The number of aliphatic hydroxyl groups is 1. The summed E-state index contributed by atoms with van der Waals surface area (Å²) in [5, 5.41) is 14.0. The fourth-order valence-electron chi connectivity index (χ4n) is 7.86. The topological polar surface area (TPSA) is 108 Å². The zero-order valence-electron chi connectivity index (χ0n) is 40.7. The van der Waals surface area contributed by atoms with E-state index in [0.717, 1.165) is 38.5 Å². The maximum Gasteiger partial charge on any atom is 0.268 e. The summed E-state index contributed by atoms with van der Waals surface area (Å²) in [7, 11) is 1.31. The minimum absolute atomic E-state index is 0.0136. The molecule has 0 aliphatic rings. The summed E-state index contributed by atoms with van der Waals surface area (Å²) in [6.45, 7) is 4.75. The Kier molecular flexibility index (Phi) is 42.9. The number of allylic oxidation sites excluding steroid dienone is 2. The lowest BCUT2D eigenvalue weighted by molar-refractivity contribution is -0.870. The van der Waals surface area contributed by atoms with Gasteiger partial charge in [-0.3, -0.25) is 9.36 Å². The third-order valence-electron chi connectivity index (χ3n) is 12.0. The second-order valence-corrected chi connectivity index (χ2v) is 20.6. The highest BCUT2D eigenvalue weighted by Crippen LogP contribution is 2.38. The monoisotopic (exact) mass is 871 g/mol. The first-order valence-electron chi connectivity index (χ1n) is 26.0. The molecule has 0 rings (SSSR count). The zero-order valence-corrected chi connectivity index (χ0v) is 41.6. The standard InChI is InChI=1S/C51H103N2O6P/c1-6-8-10-12-14-16-18-20-22-24-26-27-28-30-32-34-36-38-40-42-44-50(54)49(48-59-60(56,57)58-47-46-53(3,4)5)52-51(55)45-43-41-39-37-35-33-31-29-25-23-21-19-17-15-13-11-9-7-2/h23,25,49-50,54H,6-22,24,26-48H2,1-5H3,(H-,52,55,56,57)/b25-23-. The summed E-state index contributed by atoms with van der Waals surface area (Å²) in [6, 6.07) is -0.799. The van der Waals surface area contributed by atoms with Gasteiger partial charge < -0.3 is 28.8 Å². The van der Waals surface area contributed by atoms with Crippen LogP contribution in [0.3, 0.4) is 0 Å². The van der Waals surface area contributed by atoms with Crippen LogP contribution in [0, 0.1) is 0 Å². The number of quaternary nitrogens is 1. The van der Waals surface area contributed by atoms with Crippen molar-refractivity contribution in [3.8, 4) is 0 Å². The maximum absolute atomic E-state index is 12.9. The molecule has 0 aromatic heterocycles. The van der Waals surface area contributed by atoms with Gasteiger partial charge in [0, 0.05) is 6.42 Å². The second kappa shape index (κ2) is 43.5. The molecule has 0 bridgehead atoms. The zero-order chi connectivity index (χ0) is 44.3. The van der Waals surface area contributed by atoms with Crippen molar-refractivity contribution in [2.45, 2.75) is 270 Å². The largest absolute Gasteiger partial charge is 0.756 e. The number of rotatable bonds is 48. The van der Waals surface area contributed by atoms with Crippen LogP contribution in [0.2, 0.25) is 0 Å². The molecule has 0 aromatic rings. The lowest BCUT2D eigenvalue weighted by atomic mass is 10.0. The number of likely N-dealkylation sites (N-methyl/N-ethyl adjacent to an activating group) is 1. The first kappa shape index (κ1) is 59.2. The molecule has 0 aliphatic carbocycles. The van der Waals surface area contributed by atoms with Crippen molar-refractivity contribution in [1.82, 2.24) is 5.32 Å². The van der Waals surface area contributed by atoms with Gasteiger partial charge >= 0.3 is 0 Å². The summed E-state index contributed by atoms with van der Waals surface area (Å²) < 4.78 is 23.4. The van der Waals surface area contributed by atoms with E-state index in [-0.39, 0.29) is 19.1 Å². The van der Waals surface area contributed by atoms with E-state index in [2.05, 4.69) is 31.3 Å². The summed E-state index contributed by atoms with van der Waals surface area (Å²) in [5.74, 6) is -0.166. The number of aliphatic hydroxyl groups excluding tert-OH is 1. The molecule has 9 heteroatoms. The van der Waals surface area contributed by atoms with Gasteiger partial charge in [0.25, 0.3) is 7.82 Å². The molecule has 60 heavy (non-hydrogen) atoms. The molecule has 3 atom stereocenters. The van der Waals surface area contributed by atoms with E-state index in [1.165, 1.54) is 193 Å². The highest BCUT2D eigenvalue weighted by atomic mass is 31.2. The number of carbonyl (C=O) groups is 1. The smallest absolute Gasteiger partial charge is 0.268 e. The van der Waals surface area contributed by atoms with Gasteiger partial charge in [0.15, 0.2) is 0 Å².